The van der Waals surface area contributed by atoms with Crippen molar-refractivity contribution in [3.8, 4) is 0 Å². The Balaban J connectivity index is 2.62. The summed E-state index contributed by atoms with van der Waals surface area (Å²) in [7, 11) is -2.90. The van der Waals surface area contributed by atoms with E-state index in [0.29, 0.717) is 12.8 Å². The SMILES string of the molecule is CS(=O)(=O)[C@@H]1CC[C@H](C=O)C1. The molecule has 0 heterocycles. The van der Waals surface area contributed by atoms with E-state index in [1.165, 1.54) is 6.26 Å². The monoisotopic (exact) mass is 176 g/mol. The molecule has 0 aliphatic heterocycles. The largest absolute Gasteiger partial charge is 0.303 e. The van der Waals surface area contributed by atoms with Gasteiger partial charge in [-0.2, -0.15) is 0 Å². The van der Waals surface area contributed by atoms with E-state index in [1.54, 1.807) is 0 Å². The first-order chi connectivity index (χ1) is 5.04. The number of hydrogen-bond donors (Lipinski definition) is 0. The second-order valence-electron chi connectivity index (χ2n) is 3.16. The van der Waals surface area contributed by atoms with E-state index in [9.17, 15) is 13.2 Å². The minimum Gasteiger partial charge on any atom is -0.303 e. The van der Waals surface area contributed by atoms with Crippen LogP contribution in [0.2, 0.25) is 0 Å². The Bertz CT molecular complexity index is 242. The average molecular weight is 176 g/mol. The van der Waals surface area contributed by atoms with Crippen molar-refractivity contribution in [1.29, 1.82) is 0 Å². The van der Waals surface area contributed by atoms with E-state index in [2.05, 4.69) is 0 Å². The molecule has 0 aromatic rings. The summed E-state index contributed by atoms with van der Waals surface area (Å²) in [5.41, 5.74) is 0. The molecule has 0 unspecified atom stereocenters. The zero-order valence-electron chi connectivity index (χ0n) is 6.49. The van der Waals surface area contributed by atoms with Gasteiger partial charge in [-0.15, -0.1) is 0 Å². The standard InChI is InChI=1S/C7H12O3S/c1-11(9,10)7-3-2-6(4-7)5-8/h5-7H,2-4H2,1H3/t6-,7+/m0/s1. The molecule has 0 N–H and O–H groups in total. The van der Waals surface area contributed by atoms with E-state index >= 15 is 0 Å². The molecule has 1 aliphatic carbocycles. The van der Waals surface area contributed by atoms with Gasteiger partial charge in [-0.3, -0.25) is 0 Å². The zero-order chi connectivity index (χ0) is 8.48. The van der Waals surface area contributed by atoms with Crippen LogP contribution in [-0.4, -0.2) is 26.2 Å². The lowest BCUT2D eigenvalue weighted by molar-refractivity contribution is -0.110. The van der Waals surface area contributed by atoms with E-state index in [0.717, 1.165) is 12.7 Å². The van der Waals surface area contributed by atoms with Crippen LogP contribution in [0.25, 0.3) is 0 Å². The molecule has 0 saturated heterocycles. The maximum absolute atomic E-state index is 11.0. The topological polar surface area (TPSA) is 51.2 Å². The minimum atomic E-state index is -2.90. The third kappa shape index (κ3) is 2.02. The molecular formula is C7H12O3S. The highest BCUT2D eigenvalue weighted by Gasteiger charge is 2.30. The van der Waals surface area contributed by atoms with E-state index < -0.39 is 9.84 Å². The molecule has 64 valence electrons. The Morgan fingerprint density at radius 3 is 2.27 bits per heavy atom. The smallest absolute Gasteiger partial charge is 0.150 e. The number of carbonyl (C=O) groups is 1. The van der Waals surface area contributed by atoms with Crippen LogP contribution in [0.3, 0.4) is 0 Å². The van der Waals surface area contributed by atoms with Gasteiger partial charge in [-0.05, 0) is 19.3 Å². The molecule has 4 heteroatoms. The van der Waals surface area contributed by atoms with Gasteiger partial charge in [0.25, 0.3) is 0 Å². The fraction of sp³-hybridized carbons (Fsp3) is 0.857. The van der Waals surface area contributed by atoms with Gasteiger partial charge >= 0.3 is 0 Å². The maximum Gasteiger partial charge on any atom is 0.150 e. The van der Waals surface area contributed by atoms with Gasteiger partial charge in [0, 0.05) is 12.2 Å². The van der Waals surface area contributed by atoms with Gasteiger partial charge in [0.15, 0.2) is 0 Å². The number of carbonyl (C=O) groups excluding carboxylic acids is 1. The molecule has 2 atom stereocenters. The van der Waals surface area contributed by atoms with E-state index in [-0.39, 0.29) is 11.2 Å². The van der Waals surface area contributed by atoms with Crippen LogP contribution >= 0.6 is 0 Å². The Morgan fingerprint density at radius 1 is 1.36 bits per heavy atom. The van der Waals surface area contributed by atoms with Gasteiger partial charge in [-0.1, -0.05) is 0 Å². The summed E-state index contributed by atoms with van der Waals surface area (Å²) in [6.45, 7) is 0. The van der Waals surface area contributed by atoms with Crippen LogP contribution in [0.15, 0.2) is 0 Å². The normalized spacial score (nSPS) is 32.1. The summed E-state index contributed by atoms with van der Waals surface area (Å²) in [5, 5.41) is -0.266. The van der Waals surface area contributed by atoms with Crippen molar-refractivity contribution in [1.82, 2.24) is 0 Å². The van der Waals surface area contributed by atoms with Crippen LogP contribution < -0.4 is 0 Å². The molecule has 0 radical (unpaired) electrons. The first-order valence-corrected chi connectivity index (χ1v) is 5.63. The molecule has 1 rings (SSSR count). The second-order valence-corrected chi connectivity index (χ2v) is 5.49. The zero-order valence-corrected chi connectivity index (χ0v) is 7.30. The Hall–Kier alpha value is -0.380. The van der Waals surface area contributed by atoms with Crippen LogP contribution in [0, 0.1) is 5.92 Å². The highest BCUT2D eigenvalue weighted by molar-refractivity contribution is 7.91. The highest BCUT2D eigenvalue weighted by Crippen LogP contribution is 2.28. The van der Waals surface area contributed by atoms with Crippen LogP contribution in [0.4, 0.5) is 0 Å². The quantitative estimate of drug-likeness (QED) is 0.572. The van der Waals surface area contributed by atoms with Crippen molar-refractivity contribution < 1.29 is 13.2 Å². The highest BCUT2D eigenvalue weighted by atomic mass is 32.2. The summed E-state index contributed by atoms with van der Waals surface area (Å²) in [5.74, 6) is -0.0188. The summed E-state index contributed by atoms with van der Waals surface area (Å²) >= 11 is 0. The summed E-state index contributed by atoms with van der Waals surface area (Å²) in [6.07, 6.45) is 4.03. The lowest BCUT2D eigenvalue weighted by Gasteiger charge is -2.04. The molecule has 0 aromatic carbocycles. The molecule has 0 spiro atoms. The third-order valence-corrected chi connectivity index (χ3v) is 3.86. The van der Waals surface area contributed by atoms with Gasteiger partial charge in [0.1, 0.15) is 16.1 Å². The summed E-state index contributed by atoms with van der Waals surface area (Å²) < 4.78 is 22.0. The molecule has 3 nitrogen and oxygen atoms in total. The summed E-state index contributed by atoms with van der Waals surface area (Å²) in [4.78, 5) is 10.3. The Morgan fingerprint density at radius 2 is 2.00 bits per heavy atom. The molecule has 0 bridgehead atoms. The first kappa shape index (κ1) is 8.71. The first-order valence-electron chi connectivity index (χ1n) is 3.68. The predicted molar refractivity (Wildman–Crippen MR) is 42.0 cm³/mol. The Labute approximate surface area is 66.7 Å². The molecule has 1 saturated carbocycles. The van der Waals surface area contributed by atoms with Crippen molar-refractivity contribution in [3.63, 3.8) is 0 Å². The second kappa shape index (κ2) is 2.93. The third-order valence-electron chi connectivity index (χ3n) is 2.22. The molecule has 0 amide bonds. The van der Waals surface area contributed by atoms with Crippen LogP contribution in [0.1, 0.15) is 19.3 Å². The minimum absolute atomic E-state index is 0.0188. The van der Waals surface area contributed by atoms with Crippen molar-refractivity contribution in [2.45, 2.75) is 24.5 Å². The van der Waals surface area contributed by atoms with Gasteiger partial charge in [0.2, 0.25) is 0 Å². The van der Waals surface area contributed by atoms with E-state index in [1.807, 2.05) is 0 Å². The number of rotatable bonds is 2. The number of hydrogen-bond acceptors (Lipinski definition) is 3. The van der Waals surface area contributed by atoms with Crippen molar-refractivity contribution >= 4 is 16.1 Å². The van der Waals surface area contributed by atoms with Gasteiger partial charge in [0.05, 0.1) is 5.25 Å². The molecular weight excluding hydrogens is 164 g/mol. The van der Waals surface area contributed by atoms with Crippen molar-refractivity contribution in [2.75, 3.05) is 6.26 Å². The molecule has 0 aromatic heterocycles. The predicted octanol–water partition coefficient (Wildman–Crippen LogP) is 0.399. The fourth-order valence-corrected chi connectivity index (χ4v) is 2.65. The van der Waals surface area contributed by atoms with Gasteiger partial charge in [-0.25, -0.2) is 8.42 Å². The Kier molecular flexibility index (Phi) is 2.32. The molecule has 1 aliphatic rings. The number of aldehydes is 1. The van der Waals surface area contributed by atoms with Crippen molar-refractivity contribution in [2.24, 2.45) is 5.92 Å². The van der Waals surface area contributed by atoms with Crippen molar-refractivity contribution in [3.05, 3.63) is 0 Å². The van der Waals surface area contributed by atoms with Crippen LogP contribution in [-0.2, 0) is 14.6 Å². The lowest BCUT2D eigenvalue weighted by Crippen LogP contribution is -2.16. The summed E-state index contributed by atoms with van der Waals surface area (Å²) in [6, 6.07) is 0. The number of sulfone groups is 1. The fourth-order valence-electron chi connectivity index (χ4n) is 1.49. The molecule has 1 fully saturated rings. The average Bonchev–Trinajstić information content (AvgIpc) is 2.32. The molecule has 11 heavy (non-hydrogen) atoms. The van der Waals surface area contributed by atoms with Gasteiger partial charge < -0.3 is 4.79 Å². The lowest BCUT2D eigenvalue weighted by atomic mass is 10.1. The van der Waals surface area contributed by atoms with E-state index in [4.69, 9.17) is 0 Å². The maximum atomic E-state index is 11.0. The van der Waals surface area contributed by atoms with Crippen LogP contribution in [0.5, 0.6) is 0 Å².